The molecule has 0 radical (unpaired) electrons. The minimum Gasteiger partial charge on any atom is -0.461 e. The van der Waals surface area contributed by atoms with Gasteiger partial charge in [-0.1, -0.05) is 90.8 Å². The lowest BCUT2D eigenvalue weighted by atomic mass is 9.78. The lowest BCUT2D eigenvalue weighted by Crippen LogP contribution is -2.25. The summed E-state index contributed by atoms with van der Waals surface area (Å²) in [6.07, 6.45) is 59.8. The highest BCUT2D eigenvalue weighted by Gasteiger charge is 2.44. The van der Waals surface area contributed by atoms with Gasteiger partial charge in [-0.05, 0) is 584 Å². The molecule has 2 aliphatic rings. The van der Waals surface area contributed by atoms with Crippen LogP contribution in [0.1, 0.15) is 136 Å². The minimum atomic E-state index is -0.651. The van der Waals surface area contributed by atoms with Gasteiger partial charge in [0.05, 0.1) is 0 Å². The SMILES string of the molecule is C.C#C.C#CC.C#CC#CC.C#CC#CC#C.C#CC#CC#CC.C#CC#CC#CC#CC.C#CC#CC#CC#CC#C.C#CC#CC#CC#CC#CC.C#CC#CC#CC#CC#CC#CC#CC1CCCC(C#CC#CC#CC#CC#CC#CC#CC)CCC2C(C1)OC(=O)C2C#CC#CC#CC#CC#CC#CC.CC#CC.CC#CC#CC#CC.CC#CC#CC#CC#CC#CC. The van der Waals surface area contributed by atoms with Crippen molar-refractivity contribution in [3.63, 3.8) is 0 Å². The number of hydrogen-bond donors (Lipinski definition) is 0. The number of carbonyl (C=O) groups excluding carboxylic acids is 1. The van der Waals surface area contributed by atoms with Gasteiger partial charge in [-0.2, -0.15) is 0 Å². The smallest absolute Gasteiger partial charge is 0.321 e. The number of terminal acetylenes is 11. The van der Waals surface area contributed by atoms with Crippen molar-refractivity contribution in [1.29, 1.82) is 0 Å². The summed E-state index contributed by atoms with van der Waals surface area (Å²) in [5.41, 5.74) is 0. The van der Waals surface area contributed by atoms with Crippen LogP contribution in [0.15, 0.2) is 0 Å². The molecule has 0 aromatic heterocycles. The summed E-state index contributed by atoms with van der Waals surface area (Å²) >= 11 is 0. The van der Waals surface area contributed by atoms with Crippen LogP contribution in [0.2, 0.25) is 0 Å². The van der Waals surface area contributed by atoms with Crippen LogP contribution < -0.4 is 0 Å². The molecule has 2 rings (SSSR count). The van der Waals surface area contributed by atoms with E-state index in [0.717, 1.165) is 25.7 Å². The van der Waals surface area contributed by atoms with E-state index < -0.39 is 5.92 Å². The van der Waals surface area contributed by atoms with E-state index in [1.165, 1.54) is 0 Å². The fourth-order valence-electron chi connectivity index (χ4n) is 6.08. The number of rotatable bonds is 0. The van der Waals surface area contributed by atoms with Gasteiger partial charge >= 0.3 is 5.97 Å². The van der Waals surface area contributed by atoms with E-state index in [0.29, 0.717) is 12.8 Å². The van der Waals surface area contributed by atoms with Crippen molar-refractivity contribution in [2.45, 2.75) is 142 Å². The predicted molar refractivity (Wildman–Crippen MR) is 557 cm³/mol. The summed E-state index contributed by atoms with van der Waals surface area (Å²) < 4.78 is 5.89. The van der Waals surface area contributed by atoms with Crippen molar-refractivity contribution >= 4 is 5.97 Å². The van der Waals surface area contributed by atoms with Crippen LogP contribution in [0.25, 0.3) is 0 Å². The first-order valence-corrected chi connectivity index (χ1v) is 36.4. The summed E-state index contributed by atoms with van der Waals surface area (Å²) in [5.74, 6) is 236. The van der Waals surface area contributed by atoms with E-state index in [2.05, 4.69) is 576 Å². The molecule has 2 heteroatoms. The summed E-state index contributed by atoms with van der Waals surface area (Å²) in [6.45, 7) is 22.4. The number of hydrogen-bond acceptors (Lipinski definition) is 2. The van der Waals surface area contributed by atoms with E-state index in [1.807, 2.05) is 13.8 Å². The summed E-state index contributed by atoms with van der Waals surface area (Å²) in [7, 11) is 0. The monoisotopic (exact) mass is 1690 g/mol. The second kappa shape index (κ2) is 141. The number of ether oxygens (including phenoxy) is 1. The molecule has 134 heavy (non-hydrogen) atoms. The highest BCUT2D eigenvalue weighted by atomic mass is 16.6. The molecule has 0 spiro atoms. The fraction of sp³-hybridized carbons (Fsp3) is 0.189. The van der Waals surface area contributed by atoms with Crippen LogP contribution in [0.5, 0.6) is 0 Å². The van der Waals surface area contributed by atoms with Gasteiger partial charge in [0.15, 0.2) is 0 Å². The van der Waals surface area contributed by atoms with Crippen molar-refractivity contribution < 1.29 is 9.53 Å². The molecule has 0 N–H and O–H groups in total. The molecule has 1 aliphatic carbocycles. The molecule has 0 amide bonds. The maximum atomic E-state index is 13.1. The van der Waals surface area contributed by atoms with Gasteiger partial charge in [-0.25, -0.2) is 0 Å². The van der Waals surface area contributed by atoms with Gasteiger partial charge in [0.25, 0.3) is 0 Å². The van der Waals surface area contributed by atoms with E-state index in [1.54, 1.807) is 76.2 Å². The maximum Gasteiger partial charge on any atom is 0.321 e. The Bertz CT molecular complexity index is 7510. The third-order valence-corrected chi connectivity index (χ3v) is 10.5. The van der Waals surface area contributed by atoms with E-state index in [9.17, 15) is 4.79 Å². The van der Waals surface area contributed by atoms with Gasteiger partial charge in [-0.3, -0.25) is 4.79 Å². The Morgan fingerprint density at radius 1 is 0.201 bits per heavy atom. The lowest BCUT2D eigenvalue weighted by Gasteiger charge is -2.25. The first-order valence-electron chi connectivity index (χ1n) is 36.4. The quantitative estimate of drug-likeness (QED) is 0.178. The molecule has 5 atom stereocenters. The molecule has 1 aliphatic heterocycles. The zero-order valence-electron chi connectivity index (χ0n) is 75.4. The third kappa shape index (κ3) is 140. The number of fused-ring (bicyclic) bond motifs is 1. The van der Waals surface area contributed by atoms with Crippen molar-refractivity contribution in [3.8, 4) is 634 Å². The normalized spacial score (nSPS) is 8.69. The average molecular weight is 1690 g/mol. The van der Waals surface area contributed by atoms with E-state index in [4.69, 9.17) is 62.5 Å². The molecule has 0 bridgehead atoms. The van der Waals surface area contributed by atoms with E-state index in [-0.39, 0.29) is 37.3 Å². The van der Waals surface area contributed by atoms with Crippen LogP contribution in [0.4, 0.5) is 0 Å². The standard InChI is InChI=1S/C54H24O2.C12H6.C11H4.C10H2.C9H4.C8H6.C7H4.C6H2.C5H4.C4H6.C3H4.C2H2.CH4/c1-4-7-10-13-16-19-22-24-27-28-31-34-37-41-49-43-40-44-50(42-38-35-32-29-26-23-20-17-14-11-8-5-2)48-53-51(47-46-49)52(54(55)56-53)45-39-36-33-30-25-21-18-15-12-9-6-3;1-3-5-7-9-11-12-10-8-6-4-2;1-3-5-7-9-11-10-8-6-4-2;1-3-5-7-9-10-8-6-4-2;1-3-5-7-9-8-6-4-2;1-3-5-7-8-6-4-2;1-3-5-7-6-4-2;1-3-5-6-4-2;1-3-5-4-2;1-3-4-2;1-3-2;1-2;/h2,49-53H,40,43-44,46-48H2,1,3H3;1-2H3;1H,2H3;1-2H;1H,2H3;1-2H3;1H,2H3;1-2H;1H,2H3;1-2H3;1H,2H3;1-2H;1H4. The Balaban J connectivity index is -0.000000172. The third-order valence-electron chi connectivity index (χ3n) is 10.5. The van der Waals surface area contributed by atoms with Crippen LogP contribution >= 0.6 is 0 Å². The maximum absolute atomic E-state index is 13.1. The second-order valence-corrected chi connectivity index (χ2v) is 18.9. The van der Waals surface area contributed by atoms with Crippen molar-refractivity contribution in [2.75, 3.05) is 0 Å². The molecule has 2 nitrogen and oxygen atoms in total. The summed E-state index contributed by atoms with van der Waals surface area (Å²) in [5, 5.41) is 0. The van der Waals surface area contributed by atoms with Crippen molar-refractivity contribution in [1.82, 2.24) is 0 Å². The van der Waals surface area contributed by atoms with Crippen LogP contribution in [-0.4, -0.2) is 12.1 Å². The van der Waals surface area contributed by atoms with Crippen molar-refractivity contribution in [3.05, 3.63) is 0 Å². The first kappa shape index (κ1) is 133. The van der Waals surface area contributed by atoms with Gasteiger partial charge in [0.2, 0.25) is 0 Å². The molecule has 0 aromatic carbocycles. The Morgan fingerprint density at radius 3 is 0.560 bits per heavy atom. The molecule has 5 unspecified atom stereocenters. The van der Waals surface area contributed by atoms with Crippen LogP contribution in [0.3, 0.4) is 0 Å². The molecule has 1 heterocycles. The van der Waals surface area contributed by atoms with Gasteiger partial charge in [-0.15, -0.1) is 94.8 Å². The van der Waals surface area contributed by atoms with Gasteiger partial charge in [0.1, 0.15) is 12.0 Å². The van der Waals surface area contributed by atoms with E-state index >= 15 is 0 Å². The minimum absolute atomic E-state index is 0. The second-order valence-electron chi connectivity index (χ2n) is 18.9. The zero-order chi connectivity index (χ0) is 101. The molecular formula is C132H72O2. The molecule has 0 aromatic rings. The van der Waals surface area contributed by atoms with Gasteiger partial charge in [0, 0.05) is 17.8 Å². The lowest BCUT2D eigenvalue weighted by molar-refractivity contribution is -0.143. The summed E-state index contributed by atoms with van der Waals surface area (Å²) in [4.78, 5) is 13.1. The fourth-order valence-corrected chi connectivity index (χ4v) is 6.08. The Labute approximate surface area is 809 Å². The van der Waals surface area contributed by atoms with Crippen LogP contribution in [-0.2, 0) is 9.53 Å². The molecular weight excluding hydrogens is 1620 g/mol. The van der Waals surface area contributed by atoms with Gasteiger partial charge < -0.3 is 4.74 Å². The molecule has 1 saturated heterocycles. The molecule has 612 valence electrons. The average Bonchev–Trinajstić information content (AvgIpc) is 1.67. The highest BCUT2D eigenvalue weighted by Crippen LogP contribution is 2.38. The Hall–Kier alpha value is -23.8. The first-order chi connectivity index (χ1) is 65.3. The Kier molecular flexibility index (Phi) is 140. The topological polar surface area (TPSA) is 26.3 Å². The highest BCUT2D eigenvalue weighted by molar-refractivity contribution is 5.79. The Morgan fingerprint density at radius 2 is 0.366 bits per heavy atom. The number of esters is 1. The number of carbonyl (C=O) groups is 1. The van der Waals surface area contributed by atoms with Crippen LogP contribution in [0, 0.1) is 657 Å². The van der Waals surface area contributed by atoms with Crippen molar-refractivity contribution in [2.24, 2.45) is 23.7 Å². The predicted octanol–water partition coefficient (Wildman–Crippen LogP) is 11.2. The zero-order valence-corrected chi connectivity index (χ0v) is 75.4. The largest absolute Gasteiger partial charge is 0.461 e. The summed E-state index contributed by atoms with van der Waals surface area (Å²) in [6, 6.07) is 0. The molecule has 1 saturated carbocycles. The molecule has 2 fully saturated rings.